The van der Waals surface area contributed by atoms with Gasteiger partial charge >= 0.3 is 0 Å². The molecule has 0 aromatic carbocycles. The van der Waals surface area contributed by atoms with Crippen molar-refractivity contribution in [2.75, 3.05) is 6.61 Å². The maximum atomic E-state index is 10.3. The van der Waals surface area contributed by atoms with Crippen molar-refractivity contribution in [3.8, 4) is 0 Å². The van der Waals surface area contributed by atoms with Gasteiger partial charge in [0.2, 0.25) is 0 Å². The van der Waals surface area contributed by atoms with Gasteiger partial charge in [0.1, 0.15) is 0 Å². The molecule has 0 rings (SSSR count). The van der Waals surface area contributed by atoms with Gasteiger partial charge in [-0.15, -0.1) is 0 Å². The van der Waals surface area contributed by atoms with Crippen molar-refractivity contribution in [2.45, 2.75) is 103 Å². The summed E-state index contributed by atoms with van der Waals surface area (Å²) in [4.78, 5) is 0. The van der Waals surface area contributed by atoms with E-state index in [1.54, 1.807) is 0 Å². The topological polar surface area (TPSA) is 19.9 Å². The molecule has 0 N–H and O–H groups in total. The molecule has 0 spiro atoms. The molecule has 0 aromatic rings. The average Bonchev–Trinajstić information content (AvgIpc) is 2.47. The number of rotatable bonds is 16. The Morgan fingerprint density at radius 3 is 1.40 bits per heavy atom. The van der Waals surface area contributed by atoms with E-state index < -0.39 is 0 Å². The standard InChI is InChI=1S/C19H37O/c1-2-3-4-5-6-7-8-9-10-11-12-13-14-15-16-17-18-19-20/h9-10H,2-8,11-19H2,1H3/b10-9+. The second-order valence-electron chi connectivity index (χ2n) is 6.00. The minimum atomic E-state index is 0.114. The van der Waals surface area contributed by atoms with Crippen molar-refractivity contribution < 1.29 is 5.11 Å². The van der Waals surface area contributed by atoms with Gasteiger partial charge in [-0.05, 0) is 32.1 Å². The molecule has 0 fully saturated rings. The summed E-state index contributed by atoms with van der Waals surface area (Å²) in [6.07, 6.45) is 24.3. The highest BCUT2D eigenvalue weighted by atomic mass is 16.2. The van der Waals surface area contributed by atoms with Gasteiger partial charge in [-0.25, -0.2) is 5.11 Å². The fourth-order valence-electron chi connectivity index (χ4n) is 2.53. The molecule has 0 amide bonds. The van der Waals surface area contributed by atoms with Crippen LogP contribution in [0.4, 0.5) is 0 Å². The van der Waals surface area contributed by atoms with E-state index in [0.717, 1.165) is 12.8 Å². The monoisotopic (exact) mass is 281 g/mol. The van der Waals surface area contributed by atoms with Crippen LogP contribution < -0.4 is 0 Å². The first-order chi connectivity index (χ1) is 9.91. The Morgan fingerprint density at radius 1 is 0.550 bits per heavy atom. The molecular formula is C19H37O. The molecule has 0 aliphatic rings. The van der Waals surface area contributed by atoms with Crippen molar-refractivity contribution in [1.82, 2.24) is 0 Å². The van der Waals surface area contributed by atoms with E-state index in [1.165, 1.54) is 83.5 Å². The predicted molar refractivity (Wildman–Crippen MR) is 89.6 cm³/mol. The van der Waals surface area contributed by atoms with Gasteiger partial charge in [-0.3, -0.25) is 0 Å². The van der Waals surface area contributed by atoms with Crippen LogP contribution in [0.3, 0.4) is 0 Å². The largest absolute Gasteiger partial charge is 0.237 e. The third kappa shape index (κ3) is 17.7. The zero-order valence-corrected chi connectivity index (χ0v) is 13.9. The SMILES string of the molecule is CCCCCCCC/C=C/CCCCCCCCC[O]. The first-order valence-electron chi connectivity index (χ1n) is 9.15. The normalized spacial score (nSPS) is 11.5. The molecule has 0 saturated carbocycles. The van der Waals surface area contributed by atoms with Crippen LogP contribution in [0.1, 0.15) is 103 Å². The van der Waals surface area contributed by atoms with E-state index in [9.17, 15) is 5.11 Å². The minimum absolute atomic E-state index is 0.114. The molecule has 1 nitrogen and oxygen atoms in total. The fourth-order valence-corrected chi connectivity index (χ4v) is 2.53. The summed E-state index contributed by atoms with van der Waals surface area (Å²) in [5, 5.41) is 10.3. The molecule has 0 atom stereocenters. The van der Waals surface area contributed by atoms with E-state index in [-0.39, 0.29) is 6.61 Å². The lowest BCUT2D eigenvalue weighted by Crippen LogP contribution is -1.83. The molecule has 0 aliphatic carbocycles. The Kier molecular flexibility index (Phi) is 18.4. The van der Waals surface area contributed by atoms with Crippen LogP contribution in [-0.2, 0) is 5.11 Å². The van der Waals surface area contributed by atoms with E-state index in [4.69, 9.17) is 0 Å². The van der Waals surface area contributed by atoms with Crippen LogP contribution in [0.25, 0.3) is 0 Å². The molecule has 119 valence electrons. The lowest BCUT2D eigenvalue weighted by molar-refractivity contribution is 0.186. The molecule has 0 aliphatic heterocycles. The maximum absolute atomic E-state index is 10.3. The van der Waals surface area contributed by atoms with Gasteiger partial charge in [-0.2, -0.15) is 0 Å². The summed E-state index contributed by atoms with van der Waals surface area (Å²) >= 11 is 0. The molecule has 1 heteroatoms. The van der Waals surface area contributed by atoms with Gasteiger partial charge in [-0.1, -0.05) is 83.3 Å². The van der Waals surface area contributed by atoms with Crippen LogP contribution in [0, 0.1) is 0 Å². The smallest absolute Gasteiger partial charge is 0.0822 e. The third-order valence-corrected chi connectivity index (χ3v) is 3.91. The van der Waals surface area contributed by atoms with Crippen molar-refractivity contribution in [1.29, 1.82) is 0 Å². The minimum Gasteiger partial charge on any atom is -0.237 e. The fraction of sp³-hybridized carbons (Fsp3) is 0.895. The van der Waals surface area contributed by atoms with Crippen molar-refractivity contribution >= 4 is 0 Å². The first kappa shape index (κ1) is 19.7. The predicted octanol–water partition coefficient (Wildman–Crippen LogP) is 6.84. The highest BCUT2D eigenvalue weighted by Gasteiger charge is 1.91. The summed E-state index contributed by atoms with van der Waals surface area (Å²) in [6.45, 7) is 2.39. The summed E-state index contributed by atoms with van der Waals surface area (Å²) < 4.78 is 0. The molecule has 0 aromatic heterocycles. The zero-order chi connectivity index (χ0) is 14.7. The molecule has 1 radical (unpaired) electrons. The lowest BCUT2D eigenvalue weighted by atomic mass is 10.1. The lowest BCUT2D eigenvalue weighted by Gasteiger charge is -1.99. The summed E-state index contributed by atoms with van der Waals surface area (Å²) in [6, 6.07) is 0. The highest BCUT2D eigenvalue weighted by Crippen LogP contribution is 2.10. The molecular weight excluding hydrogens is 244 g/mol. The first-order valence-corrected chi connectivity index (χ1v) is 9.15. The number of hydrogen-bond acceptors (Lipinski definition) is 0. The van der Waals surface area contributed by atoms with Gasteiger partial charge < -0.3 is 0 Å². The van der Waals surface area contributed by atoms with Gasteiger partial charge in [0.15, 0.2) is 0 Å². The van der Waals surface area contributed by atoms with Gasteiger partial charge in [0, 0.05) is 0 Å². The quantitative estimate of drug-likeness (QED) is 0.218. The second-order valence-corrected chi connectivity index (χ2v) is 6.00. The summed E-state index contributed by atoms with van der Waals surface area (Å²) in [5.74, 6) is 0. The second kappa shape index (κ2) is 18.7. The maximum Gasteiger partial charge on any atom is 0.0822 e. The van der Waals surface area contributed by atoms with E-state index in [1.807, 2.05) is 0 Å². The third-order valence-electron chi connectivity index (χ3n) is 3.91. The summed E-state index contributed by atoms with van der Waals surface area (Å²) in [7, 11) is 0. The Bertz CT molecular complexity index is 186. The molecule has 0 heterocycles. The van der Waals surface area contributed by atoms with Crippen molar-refractivity contribution in [2.24, 2.45) is 0 Å². The Hall–Kier alpha value is -0.300. The molecule has 20 heavy (non-hydrogen) atoms. The molecule has 0 bridgehead atoms. The van der Waals surface area contributed by atoms with Gasteiger partial charge in [0.25, 0.3) is 0 Å². The molecule has 0 unspecified atom stereocenters. The Morgan fingerprint density at radius 2 is 0.950 bits per heavy atom. The van der Waals surface area contributed by atoms with E-state index in [0.29, 0.717) is 0 Å². The van der Waals surface area contributed by atoms with Crippen LogP contribution in [0.15, 0.2) is 12.2 Å². The Balaban J connectivity index is 3.01. The zero-order valence-electron chi connectivity index (χ0n) is 13.9. The average molecular weight is 282 g/mol. The highest BCUT2D eigenvalue weighted by molar-refractivity contribution is 4.81. The van der Waals surface area contributed by atoms with Crippen LogP contribution in [0.2, 0.25) is 0 Å². The summed E-state index contributed by atoms with van der Waals surface area (Å²) in [5.41, 5.74) is 0. The molecule has 0 saturated heterocycles. The number of allylic oxidation sites excluding steroid dienone is 2. The van der Waals surface area contributed by atoms with Gasteiger partial charge in [0.05, 0.1) is 6.61 Å². The Labute approximate surface area is 127 Å². The van der Waals surface area contributed by atoms with Crippen molar-refractivity contribution in [3.05, 3.63) is 12.2 Å². The van der Waals surface area contributed by atoms with E-state index in [2.05, 4.69) is 19.1 Å². The number of unbranched alkanes of at least 4 members (excludes halogenated alkanes) is 13. The van der Waals surface area contributed by atoms with Crippen LogP contribution in [0.5, 0.6) is 0 Å². The van der Waals surface area contributed by atoms with Crippen LogP contribution in [-0.4, -0.2) is 6.61 Å². The van der Waals surface area contributed by atoms with Crippen molar-refractivity contribution in [3.63, 3.8) is 0 Å². The van der Waals surface area contributed by atoms with Crippen LogP contribution >= 0.6 is 0 Å². The number of hydrogen-bond donors (Lipinski definition) is 0. The van der Waals surface area contributed by atoms with E-state index >= 15 is 0 Å².